The summed E-state index contributed by atoms with van der Waals surface area (Å²) in [4.78, 5) is 59.4. The number of amides is 1. The smallest absolute Gasteiger partial charge is 0.330 e. The molecular formula is C23H26N8O4. The first-order chi connectivity index (χ1) is 16.8. The zero-order valence-electron chi connectivity index (χ0n) is 19.5. The number of carbonyl (C=O) groups is 1. The monoisotopic (exact) mass is 478 g/mol. The summed E-state index contributed by atoms with van der Waals surface area (Å²) < 4.78 is 3.87. The van der Waals surface area contributed by atoms with Crippen molar-refractivity contribution in [3.05, 3.63) is 79.6 Å². The number of aryl methyl sites for hydroxylation is 1. The molecule has 1 amide bonds. The molecule has 4 aromatic rings. The number of fused-ring (bicyclic) bond motifs is 1. The lowest BCUT2D eigenvalue weighted by Crippen LogP contribution is -2.43. The fourth-order valence-electron chi connectivity index (χ4n) is 3.84. The lowest BCUT2D eigenvalue weighted by molar-refractivity contribution is -0.119. The number of nitrogens with two attached hydrogens (primary N) is 1. The number of anilines is 2. The van der Waals surface area contributed by atoms with Gasteiger partial charge in [-0.3, -0.25) is 38.1 Å². The third-order valence-corrected chi connectivity index (χ3v) is 5.73. The number of nitrogens with zero attached hydrogens (tertiary/aromatic N) is 6. The standard InChI is InChI=1S/C23H26N8O4/c1-3-4-10-30-19(24)18(21(33)27-23(30)35)31(12-15-8-6-5-7-9-15)17(32)13-29-14-25-20-16(22(29)34)11-26-28(20)2/h5-9,11,14H,3-4,10,12-13,24H2,1-2H3,(H,27,33,35). The third-order valence-electron chi connectivity index (χ3n) is 5.73. The minimum Gasteiger partial charge on any atom is -0.383 e. The van der Waals surface area contributed by atoms with Crippen LogP contribution in [0.4, 0.5) is 11.5 Å². The summed E-state index contributed by atoms with van der Waals surface area (Å²) in [7, 11) is 1.66. The Kier molecular flexibility index (Phi) is 6.62. The predicted octanol–water partition coefficient (Wildman–Crippen LogP) is 0.596. The van der Waals surface area contributed by atoms with Crippen LogP contribution in [0.3, 0.4) is 0 Å². The number of aromatic nitrogens is 6. The minimum absolute atomic E-state index is 0.0102. The fraction of sp³-hybridized carbons (Fsp3) is 0.304. The second-order valence-electron chi connectivity index (χ2n) is 8.15. The molecule has 0 aliphatic heterocycles. The van der Waals surface area contributed by atoms with Gasteiger partial charge in [-0.1, -0.05) is 43.7 Å². The molecule has 12 heteroatoms. The lowest BCUT2D eigenvalue weighted by Gasteiger charge is -2.25. The number of hydrogen-bond acceptors (Lipinski definition) is 7. The van der Waals surface area contributed by atoms with E-state index in [4.69, 9.17) is 5.73 Å². The van der Waals surface area contributed by atoms with Crippen molar-refractivity contribution in [3.8, 4) is 0 Å². The number of hydrogen-bond donors (Lipinski definition) is 2. The molecule has 0 atom stereocenters. The van der Waals surface area contributed by atoms with E-state index >= 15 is 0 Å². The lowest BCUT2D eigenvalue weighted by atomic mass is 10.2. The molecule has 0 radical (unpaired) electrons. The summed E-state index contributed by atoms with van der Waals surface area (Å²) in [5, 5.41) is 4.30. The average molecular weight is 479 g/mol. The van der Waals surface area contributed by atoms with E-state index in [1.807, 2.05) is 13.0 Å². The quantitative estimate of drug-likeness (QED) is 0.376. The highest BCUT2D eigenvalue weighted by atomic mass is 16.2. The molecule has 0 aliphatic carbocycles. The van der Waals surface area contributed by atoms with Crippen molar-refractivity contribution in [2.45, 2.75) is 39.4 Å². The van der Waals surface area contributed by atoms with E-state index in [1.54, 1.807) is 31.3 Å². The minimum atomic E-state index is -0.780. The first-order valence-electron chi connectivity index (χ1n) is 11.2. The van der Waals surface area contributed by atoms with Gasteiger partial charge < -0.3 is 5.73 Å². The highest BCUT2D eigenvalue weighted by molar-refractivity contribution is 5.95. The summed E-state index contributed by atoms with van der Waals surface area (Å²) in [6, 6.07) is 9.04. The summed E-state index contributed by atoms with van der Waals surface area (Å²) in [5.74, 6) is -0.677. The van der Waals surface area contributed by atoms with Crippen LogP contribution in [0.2, 0.25) is 0 Å². The van der Waals surface area contributed by atoms with Crippen molar-refractivity contribution in [1.29, 1.82) is 0 Å². The Morgan fingerprint density at radius 2 is 1.91 bits per heavy atom. The molecule has 0 saturated carbocycles. The van der Waals surface area contributed by atoms with Crippen molar-refractivity contribution in [2.24, 2.45) is 7.05 Å². The summed E-state index contributed by atoms with van der Waals surface area (Å²) in [6.45, 7) is 1.87. The molecule has 0 saturated heterocycles. The number of unbranched alkanes of at least 4 members (excludes halogenated alkanes) is 1. The van der Waals surface area contributed by atoms with E-state index in [2.05, 4.69) is 15.1 Å². The highest BCUT2D eigenvalue weighted by Crippen LogP contribution is 2.20. The molecule has 35 heavy (non-hydrogen) atoms. The Morgan fingerprint density at radius 3 is 2.63 bits per heavy atom. The van der Waals surface area contributed by atoms with Crippen LogP contribution in [0, 0.1) is 0 Å². The Hall–Kier alpha value is -4.48. The maximum Gasteiger partial charge on any atom is 0.330 e. The third kappa shape index (κ3) is 4.63. The molecule has 3 aromatic heterocycles. The van der Waals surface area contributed by atoms with Crippen LogP contribution in [0.25, 0.3) is 11.0 Å². The number of aromatic amines is 1. The summed E-state index contributed by atoms with van der Waals surface area (Å²) in [5.41, 5.74) is 5.40. The van der Waals surface area contributed by atoms with Gasteiger partial charge in [0.15, 0.2) is 11.3 Å². The van der Waals surface area contributed by atoms with Crippen molar-refractivity contribution in [2.75, 3.05) is 10.6 Å². The molecule has 1 aromatic carbocycles. The molecule has 3 N–H and O–H groups in total. The van der Waals surface area contributed by atoms with Gasteiger partial charge >= 0.3 is 5.69 Å². The normalized spacial score (nSPS) is 11.1. The van der Waals surface area contributed by atoms with Crippen LogP contribution >= 0.6 is 0 Å². The number of H-pyrrole nitrogens is 1. The number of rotatable bonds is 8. The SMILES string of the molecule is CCCCn1c(N)c(N(Cc2ccccc2)C(=O)Cn2cnc3c(cnn3C)c2=O)c(=O)[nH]c1=O. The van der Waals surface area contributed by atoms with Gasteiger partial charge in [0.2, 0.25) is 5.91 Å². The van der Waals surface area contributed by atoms with E-state index in [0.29, 0.717) is 18.6 Å². The molecule has 0 fully saturated rings. The first kappa shape index (κ1) is 23.7. The number of carbonyl (C=O) groups excluding carboxylic acids is 1. The Balaban J connectivity index is 1.79. The Morgan fingerprint density at radius 1 is 1.17 bits per heavy atom. The van der Waals surface area contributed by atoms with Crippen molar-refractivity contribution in [1.82, 2.24) is 28.9 Å². The second kappa shape index (κ2) is 9.79. The fourth-order valence-corrected chi connectivity index (χ4v) is 3.84. The predicted molar refractivity (Wildman–Crippen MR) is 131 cm³/mol. The Bertz CT molecular complexity index is 1550. The largest absolute Gasteiger partial charge is 0.383 e. The van der Waals surface area contributed by atoms with Gasteiger partial charge in [-0.25, -0.2) is 9.78 Å². The molecule has 0 unspecified atom stereocenters. The van der Waals surface area contributed by atoms with Gasteiger partial charge in [-0.05, 0) is 12.0 Å². The van der Waals surface area contributed by atoms with Crippen LogP contribution in [0.15, 0.2) is 57.2 Å². The van der Waals surface area contributed by atoms with Crippen LogP contribution in [-0.4, -0.2) is 34.8 Å². The summed E-state index contributed by atoms with van der Waals surface area (Å²) in [6.07, 6.45) is 4.12. The molecule has 3 heterocycles. The van der Waals surface area contributed by atoms with E-state index in [-0.39, 0.29) is 23.4 Å². The molecule has 182 valence electrons. The summed E-state index contributed by atoms with van der Waals surface area (Å²) >= 11 is 0. The van der Waals surface area contributed by atoms with Crippen molar-refractivity contribution in [3.63, 3.8) is 0 Å². The zero-order chi connectivity index (χ0) is 25.1. The van der Waals surface area contributed by atoms with Crippen LogP contribution in [0.5, 0.6) is 0 Å². The maximum absolute atomic E-state index is 13.5. The van der Waals surface area contributed by atoms with Gasteiger partial charge in [0, 0.05) is 13.6 Å². The Labute approximate surface area is 199 Å². The zero-order valence-corrected chi connectivity index (χ0v) is 19.5. The first-order valence-corrected chi connectivity index (χ1v) is 11.2. The number of nitrogen functional groups attached to an aromatic ring is 1. The topological polar surface area (TPSA) is 154 Å². The maximum atomic E-state index is 13.5. The van der Waals surface area contributed by atoms with Crippen LogP contribution < -0.4 is 27.4 Å². The van der Waals surface area contributed by atoms with Gasteiger partial charge in [-0.2, -0.15) is 5.10 Å². The van der Waals surface area contributed by atoms with Crippen molar-refractivity contribution >= 4 is 28.4 Å². The number of benzene rings is 1. The molecule has 4 rings (SSSR count). The van der Waals surface area contributed by atoms with Crippen molar-refractivity contribution < 1.29 is 4.79 Å². The van der Waals surface area contributed by atoms with E-state index in [1.165, 1.54) is 26.7 Å². The average Bonchev–Trinajstić information content (AvgIpc) is 3.22. The molecule has 12 nitrogen and oxygen atoms in total. The molecule has 0 aliphatic rings. The molecule has 0 bridgehead atoms. The second-order valence-corrected chi connectivity index (χ2v) is 8.15. The molecule has 0 spiro atoms. The van der Waals surface area contributed by atoms with Gasteiger partial charge in [0.1, 0.15) is 24.1 Å². The van der Waals surface area contributed by atoms with Gasteiger partial charge in [0.05, 0.1) is 12.7 Å². The van der Waals surface area contributed by atoms with Crippen LogP contribution in [-0.2, 0) is 31.5 Å². The van der Waals surface area contributed by atoms with Gasteiger partial charge in [-0.15, -0.1) is 0 Å². The molecular weight excluding hydrogens is 452 g/mol. The van der Waals surface area contributed by atoms with E-state index in [0.717, 1.165) is 16.6 Å². The van der Waals surface area contributed by atoms with Crippen LogP contribution in [0.1, 0.15) is 25.3 Å². The van der Waals surface area contributed by atoms with Gasteiger partial charge in [0.25, 0.3) is 11.1 Å². The van der Waals surface area contributed by atoms with E-state index in [9.17, 15) is 19.2 Å². The number of nitrogens with one attached hydrogen (secondary N) is 1. The highest BCUT2D eigenvalue weighted by Gasteiger charge is 2.25. The van der Waals surface area contributed by atoms with E-state index < -0.39 is 29.3 Å².